The van der Waals surface area contributed by atoms with Gasteiger partial charge in [0.25, 0.3) is 11.8 Å². The predicted molar refractivity (Wildman–Crippen MR) is 225 cm³/mol. The summed E-state index contributed by atoms with van der Waals surface area (Å²) in [5, 5.41) is 9.96. The molecule has 4 fully saturated rings. The molecule has 6 heterocycles. The molecule has 16 nitrogen and oxygen atoms in total. The van der Waals surface area contributed by atoms with Gasteiger partial charge in [-0.05, 0) is 75.3 Å². The van der Waals surface area contributed by atoms with E-state index in [1.54, 1.807) is 31.7 Å². The van der Waals surface area contributed by atoms with Gasteiger partial charge in [-0.3, -0.25) is 44.0 Å². The number of anilines is 4. The fourth-order valence-electron chi connectivity index (χ4n) is 8.84. The number of benzene rings is 2. The number of hydrogen-bond donors (Lipinski definition) is 3. The average molecular weight is 845 g/mol. The van der Waals surface area contributed by atoms with Gasteiger partial charge in [0, 0.05) is 82.4 Å². The Labute approximate surface area is 348 Å². The van der Waals surface area contributed by atoms with E-state index in [4.69, 9.17) is 11.6 Å². The molecule has 1 unspecified atom stereocenters. The molecule has 5 aliphatic rings. The number of aromatic nitrogens is 2. The summed E-state index contributed by atoms with van der Waals surface area (Å²) < 4.78 is 12.9. The largest absolute Gasteiger partial charge is 0.369 e. The summed E-state index contributed by atoms with van der Waals surface area (Å²) in [6, 6.07) is 11.8. The molecule has 2 aromatic carbocycles. The van der Waals surface area contributed by atoms with Crippen LogP contribution in [-0.2, 0) is 18.9 Å². The summed E-state index contributed by atoms with van der Waals surface area (Å²) in [4.78, 5) is 82.8. The minimum atomic E-state index is -2.54. The average Bonchev–Trinajstić information content (AvgIpc) is 3.76. The molecule has 3 aromatic rings. The molecule has 5 amide bonds. The van der Waals surface area contributed by atoms with Gasteiger partial charge in [-0.25, -0.2) is 4.98 Å². The number of hydrogen-bond acceptors (Lipinski definition) is 13. The maximum atomic E-state index is 13.4. The van der Waals surface area contributed by atoms with Gasteiger partial charge in [-0.15, -0.1) is 0 Å². The Bertz CT molecular complexity index is 2200. The second kappa shape index (κ2) is 17.0. The molecule has 3 N–H and O–H groups in total. The number of imide groups is 2. The van der Waals surface area contributed by atoms with Gasteiger partial charge >= 0.3 is 0 Å². The van der Waals surface area contributed by atoms with Crippen LogP contribution in [0.15, 0.2) is 48.7 Å². The third-order valence-electron chi connectivity index (χ3n) is 12.1. The van der Waals surface area contributed by atoms with Crippen LogP contribution in [0.5, 0.6) is 0 Å². The number of halogens is 1. The lowest BCUT2D eigenvalue weighted by atomic mass is 9.95. The highest BCUT2D eigenvalue weighted by molar-refractivity contribution is 7.70. The topological polar surface area (TPSA) is 180 Å². The van der Waals surface area contributed by atoms with E-state index >= 15 is 0 Å². The molecule has 1 aromatic heterocycles. The van der Waals surface area contributed by atoms with Crippen LogP contribution in [0.3, 0.4) is 0 Å². The number of carbonyl (C=O) groups is 5. The van der Waals surface area contributed by atoms with E-state index in [0.29, 0.717) is 47.0 Å². The number of carbonyl (C=O) groups excluding carboxylic acids is 5. The number of para-hydroxylation sites is 1. The van der Waals surface area contributed by atoms with Crippen LogP contribution in [0, 0.1) is 5.92 Å². The highest BCUT2D eigenvalue weighted by Gasteiger charge is 2.45. The zero-order chi connectivity index (χ0) is 41.4. The van der Waals surface area contributed by atoms with Gasteiger partial charge in [0.05, 0.1) is 29.6 Å². The number of nitrogens with zero attached hydrogens (tertiary/aromatic N) is 7. The fraction of sp³-hybridized carbons (Fsp3) is 0.488. The first-order chi connectivity index (χ1) is 28.3. The van der Waals surface area contributed by atoms with Gasteiger partial charge < -0.3 is 25.0 Å². The van der Waals surface area contributed by atoms with Crippen molar-refractivity contribution in [3.8, 4) is 0 Å². The van der Waals surface area contributed by atoms with E-state index < -0.39 is 36.8 Å². The molecule has 312 valence electrons. The summed E-state index contributed by atoms with van der Waals surface area (Å²) in [5.41, 5.74) is 2.14. The summed E-state index contributed by atoms with van der Waals surface area (Å²) in [6.07, 6.45) is 4.53. The highest BCUT2D eigenvalue weighted by Crippen LogP contribution is 2.39. The first-order valence-corrected chi connectivity index (χ1v) is 23.3. The normalized spacial score (nSPS) is 22.2. The van der Waals surface area contributed by atoms with E-state index in [1.807, 2.05) is 35.2 Å². The Hall–Kier alpha value is -4.89. The molecule has 2 atom stereocenters. The van der Waals surface area contributed by atoms with Crippen LogP contribution in [0.25, 0.3) is 0 Å². The summed E-state index contributed by atoms with van der Waals surface area (Å²) in [5.74, 6) is -0.478. The maximum Gasteiger partial charge on any atom is 0.262 e. The van der Waals surface area contributed by atoms with E-state index in [9.17, 15) is 28.5 Å². The Balaban J connectivity index is 0.761. The number of nitrogens with one attached hydrogen (secondary N) is 3. The zero-order valence-electron chi connectivity index (χ0n) is 33.4. The minimum Gasteiger partial charge on any atom is -0.369 e. The number of piperidine rings is 2. The van der Waals surface area contributed by atoms with Crippen LogP contribution < -0.4 is 26.2 Å². The number of fused-ring (bicyclic) bond motifs is 1. The lowest BCUT2D eigenvalue weighted by Gasteiger charge is -2.40. The van der Waals surface area contributed by atoms with Crippen molar-refractivity contribution in [2.24, 2.45) is 5.92 Å². The molecular formula is C41H50ClN10O6P. The van der Waals surface area contributed by atoms with Gasteiger partial charge in [0.1, 0.15) is 18.2 Å². The minimum absolute atomic E-state index is 0.0755. The lowest BCUT2D eigenvalue weighted by molar-refractivity contribution is -0.136. The highest BCUT2D eigenvalue weighted by atomic mass is 35.5. The van der Waals surface area contributed by atoms with Crippen LogP contribution in [-0.4, -0.2) is 150 Å². The standard InChI is InChI=1S/C41H50ClN10O6P/c1-59(2,58)34-6-4-3-5-32(34)45-37-31(42)22-43-41(47-37)44-27-13-14-49(24-27)25-36(54)51-15-11-26(12-16-51)23-48-17-19-50(20-18-48)28-7-8-29-30(21-28)40(57)52(39(29)56)33-9-10-35(53)46-38(33)55/h3-8,21-22,26-27,33H,9-20,23-25H2,1-2H3,(H,46,53,55)(H2,43,44,45,47)/t27-,33?/m1/s1. The van der Waals surface area contributed by atoms with E-state index in [-0.39, 0.29) is 30.4 Å². The Morgan fingerprint density at radius 1 is 0.898 bits per heavy atom. The predicted octanol–water partition coefficient (Wildman–Crippen LogP) is 3.07. The summed E-state index contributed by atoms with van der Waals surface area (Å²) >= 11 is 6.45. The number of likely N-dealkylation sites (tertiary alicyclic amines) is 2. The molecular weight excluding hydrogens is 795 g/mol. The molecule has 0 radical (unpaired) electrons. The van der Waals surface area contributed by atoms with Crippen molar-refractivity contribution in [1.29, 1.82) is 0 Å². The lowest BCUT2D eigenvalue weighted by Crippen LogP contribution is -2.54. The summed E-state index contributed by atoms with van der Waals surface area (Å²) in [6.45, 7) is 11.1. The van der Waals surface area contributed by atoms with Crippen molar-refractivity contribution in [3.05, 3.63) is 64.8 Å². The molecule has 0 saturated carbocycles. The fourth-order valence-corrected chi connectivity index (χ4v) is 10.1. The van der Waals surface area contributed by atoms with E-state index in [2.05, 4.69) is 40.6 Å². The number of rotatable bonds is 11. The smallest absolute Gasteiger partial charge is 0.262 e. The number of amides is 5. The molecule has 0 aliphatic carbocycles. The van der Waals surface area contributed by atoms with Gasteiger partial charge in [-0.1, -0.05) is 23.7 Å². The van der Waals surface area contributed by atoms with E-state index in [0.717, 1.165) is 87.5 Å². The Kier molecular flexibility index (Phi) is 11.8. The molecule has 8 rings (SSSR count). The van der Waals surface area contributed by atoms with Crippen molar-refractivity contribution < 1.29 is 28.5 Å². The third kappa shape index (κ3) is 9.01. The molecule has 18 heteroatoms. The van der Waals surface area contributed by atoms with Gasteiger partial charge in [0.2, 0.25) is 23.7 Å². The molecule has 0 spiro atoms. The van der Waals surface area contributed by atoms with Gasteiger partial charge in [-0.2, -0.15) is 4.98 Å². The zero-order valence-corrected chi connectivity index (χ0v) is 35.0. The summed E-state index contributed by atoms with van der Waals surface area (Å²) in [7, 11) is -2.54. The SMILES string of the molecule is CP(C)(=O)c1ccccc1Nc1nc(N[C@@H]2CCN(CC(=O)N3CCC(CN4CCN(c5ccc6c(c5)C(=O)N(C5CCC(=O)NC5=O)C6=O)CC4)CC3)C2)ncc1Cl. The van der Waals surface area contributed by atoms with Gasteiger partial charge in [0.15, 0.2) is 5.82 Å². The monoisotopic (exact) mass is 844 g/mol. The van der Waals surface area contributed by atoms with Crippen LogP contribution in [0.1, 0.15) is 52.8 Å². The molecule has 4 saturated heterocycles. The van der Waals surface area contributed by atoms with Crippen molar-refractivity contribution >= 4 is 76.7 Å². The molecule has 0 bridgehead atoms. The Morgan fingerprint density at radius 2 is 1.64 bits per heavy atom. The van der Waals surface area contributed by atoms with Crippen molar-refractivity contribution in [2.45, 2.75) is 44.2 Å². The molecule has 5 aliphatic heterocycles. The van der Waals surface area contributed by atoms with Crippen molar-refractivity contribution in [1.82, 2.24) is 34.9 Å². The molecule has 59 heavy (non-hydrogen) atoms. The second-order valence-electron chi connectivity index (χ2n) is 16.5. The third-order valence-corrected chi connectivity index (χ3v) is 13.9. The van der Waals surface area contributed by atoms with Crippen LogP contribution in [0.2, 0.25) is 5.02 Å². The van der Waals surface area contributed by atoms with Crippen LogP contribution >= 0.6 is 18.7 Å². The van der Waals surface area contributed by atoms with Crippen LogP contribution in [0.4, 0.5) is 23.1 Å². The Morgan fingerprint density at radius 3 is 2.39 bits per heavy atom. The van der Waals surface area contributed by atoms with E-state index in [1.165, 1.54) is 0 Å². The second-order valence-corrected chi connectivity index (χ2v) is 20.1. The number of piperazine rings is 1. The quantitative estimate of drug-likeness (QED) is 0.190. The maximum absolute atomic E-state index is 13.4. The first kappa shape index (κ1) is 40.9. The van der Waals surface area contributed by atoms with Crippen molar-refractivity contribution in [2.75, 3.05) is 94.3 Å². The first-order valence-electron chi connectivity index (χ1n) is 20.3. The van der Waals surface area contributed by atoms with Crippen molar-refractivity contribution in [3.63, 3.8) is 0 Å².